The number of rotatable bonds is 2. The number of thioether (sulfide) groups is 1. The molecule has 3 heteroatoms. The van der Waals surface area contributed by atoms with Crippen LogP contribution in [0.25, 0.3) is 0 Å². The number of hydrogen-bond donors (Lipinski definition) is 1. The molecule has 2 rings (SSSR count). The molecule has 0 amide bonds. The van der Waals surface area contributed by atoms with Gasteiger partial charge in [0.05, 0.1) is 0 Å². The summed E-state index contributed by atoms with van der Waals surface area (Å²) < 4.78 is 0. The minimum absolute atomic E-state index is 0.405. The van der Waals surface area contributed by atoms with Crippen LogP contribution in [0.1, 0.15) is 26.2 Å². The highest BCUT2D eigenvalue weighted by molar-refractivity contribution is 7.99. The van der Waals surface area contributed by atoms with Crippen molar-refractivity contribution < 1.29 is 0 Å². The molecule has 1 saturated heterocycles. The standard InChI is InChI=1S/C11H22N2S/c1-11(4-2-3-10(11)12)9-13-5-7-14-8-6-13/h10H,2-9,12H2,1H3. The SMILES string of the molecule is CC1(CN2CCSCC2)CCCC1N. The Morgan fingerprint density at radius 3 is 2.71 bits per heavy atom. The Balaban J connectivity index is 1.88. The first-order valence-corrected chi connectivity index (χ1v) is 6.92. The van der Waals surface area contributed by atoms with Gasteiger partial charge in [0.25, 0.3) is 0 Å². The average Bonchev–Trinajstić information content (AvgIpc) is 2.48. The molecule has 1 saturated carbocycles. The molecule has 2 atom stereocenters. The summed E-state index contributed by atoms with van der Waals surface area (Å²) in [5, 5.41) is 0. The van der Waals surface area contributed by atoms with Crippen LogP contribution in [0.2, 0.25) is 0 Å². The second-order valence-electron chi connectivity index (χ2n) is 5.04. The van der Waals surface area contributed by atoms with Crippen molar-refractivity contribution in [2.24, 2.45) is 11.1 Å². The third-order valence-corrected chi connectivity index (χ3v) is 4.79. The topological polar surface area (TPSA) is 29.3 Å². The third-order valence-electron chi connectivity index (χ3n) is 3.85. The Bertz CT molecular complexity index is 192. The lowest BCUT2D eigenvalue weighted by Crippen LogP contribution is -2.46. The van der Waals surface area contributed by atoms with Crippen LogP contribution < -0.4 is 5.73 Å². The van der Waals surface area contributed by atoms with Crippen molar-refractivity contribution in [3.8, 4) is 0 Å². The summed E-state index contributed by atoms with van der Waals surface area (Å²) in [5.41, 5.74) is 6.60. The number of nitrogens with zero attached hydrogens (tertiary/aromatic N) is 1. The molecule has 0 aromatic rings. The maximum atomic E-state index is 6.20. The van der Waals surface area contributed by atoms with E-state index in [9.17, 15) is 0 Å². The Morgan fingerprint density at radius 2 is 2.14 bits per heavy atom. The van der Waals surface area contributed by atoms with Gasteiger partial charge in [0.2, 0.25) is 0 Å². The smallest absolute Gasteiger partial charge is 0.0105 e. The molecule has 1 aliphatic carbocycles. The molecule has 2 fully saturated rings. The Morgan fingerprint density at radius 1 is 1.43 bits per heavy atom. The second kappa shape index (κ2) is 4.42. The molecular weight excluding hydrogens is 192 g/mol. The predicted molar refractivity (Wildman–Crippen MR) is 63.7 cm³/mol. The van der Waals surface area contributed by atoms with Crippen LogP contribution in [0.4, 0.5) is 0 Å². The summed E-state index contributed by atoms with van der Waals surface area (Å²) in [7, 11) is 0. The van der Waals surface area contributed by atoms with Crippen LogP contribution in [0.15, 0.2) is 0 Å². The van der Waals surface area contributed by atoms with Gasteiger partial charge in [-0.05, 0) is 18.3 Å². The van der Waals surface area contributed by atoms with Gasteiger partial charge in [-0.25, -0.2) is 0 Å². The number of hydrogen-bond acceptors (Lipinski definition) is 3. The zero-order valence-electron chi connectivity index (χ0n) is 9.17. The summed E-state index contributed by atoms with van der Waals surface area (Å²) >= 11 is 2.08. The van der Waals surface area contributed by atoms with E-state index in [1.807, 2.05) is 0 Å². The highest BCUT2D eigenvalue weighted by atomic mass is 32.2. The van der Waals surface area contributed by atoms with Gasteiger partial charge in [-0.15, -0.1) is 0 Å². The Kier molecular flexibility index (Phi) is 3.40. The lowest BCUT2D eigenvalue weighted by molar-refractivity contribution is 0.164. The lowest BCUT2D eigenvalue weighted by atomic mass is 9.84. The van der Waals surface area contributed by atoms with Crippen LogP contribution in [0, 0.1) is 5.41 Å². The van der Waals surface area contributed by atoms with E-state index in [1.165, 1.54) is 50.4 Å². The van der Waals surface area contributed by atoms with Gasteiger partial charge < -0.3 is 10.6 Å². The van der Waals surface area contributed by atoms with Gasteiger partial charge in [-0.1, -0.05) is 13.3 Å². The van der Waals surface area contributed by atoms with E-state index in [4.69, 9.17) is 5.73 Å². The van der Waals surface area contributed by atoms with Crippen molar-refractivity contribution in [2.45, 2.75) is 32.2 Å². The molecule has 1 heterocycles. The molecule has 1 aliphatic heterocycles. The summed E-state index contributed by atoms with van der Waals surface area (Å²) in [6.07, 6.45) is 3.90. The Labute approximate surface area is 91.6 Å². The zero-order valence-corrected chi connectivity index (χ0v) is 9.98. The van der Waals surface area contributed by atoms with E-state index in [1.54, 1.807) is 0 Å². The van der Waals surface area contributed by atoms with Crippen LogP contribution in [0.3, 0.4) is 0 Å². The summed E-state index contributed by atoms with van der Waals surface area (Å²) in [4.78, 5) is 2.61. The van der Waals surface area contributed by atoms with Gasteiger partial charge >= 0.3 is 0 Å². The molecule has 0 aromatic heterocycles. The van der Waals surface area contributed by atoms with Gasteiger partial charge in [-0.3, -0.25) is 0 Å². The third kappa shape index (κ3) is 2.26. The van der Waals surface area contributed by atoms with E-state index in [0.717, 1.165) is 0 Å². The normalized spacial score (nSPS) is 40.3. The predicted octanol–water partition coefficient (Wildman–Crippen LogP) is 1.55. The fourth-order valence-corrected chi connectivity index (χ4v) is 3.70. The first-order chi connectivity index (χ1) is 6.71. The van der Waals surface area contributed by atoms with Crippen molar-refractivity contribution in [1.29, 1.82) is 0 Å². The maximum Gasteiger partial charge on any atom is 0.0105 e. The zero-order chi connectivity index (χ0) is 10.0. The van der Waals surface area contributed by atoms with Crippen molar-refractivity contribution in [2.75, 3.05) is 31.1 Å². The fraction of sp³-hybridized carbons (Fsp3) is 1.00. The van der Waals surface area contributed by atoms with E-state index < -0.39 is 0 Å². The first-order valence-electron chi connectivity index (χ1n) is 5.76. The van der Waals surface area contributed by atoms with Crippen molar-refractivity contribution in [1.82, 2.24) is 4.90 Å². The molecule has 2 N–H and O–H groups in total. The minimum Gasteiger partial charge on any atom is -0.327 e. The van der Waals surface area contributed by atoms with Crippen molar-refractivity contribution in [3.05, 3.63) is 0 Å². The second-order valence-corrected chi connectivity index (χ2v) is 6.27. The van der Waals surface area contributed by atoms with Crippen LogP contribution >= 0.6 is 11.8 Å². The highest BCUT2D eigenvalue weighted by Gasteiger charge is 2.37. The molecule has 14 heavy (non-hydrogen) atoms. The van der Waals surface area contributed by atoms with Gasteiger partial charge in [0.15, 0.2) is 0 Å². The largest absolute Gasteiger partial charge is 0.327 e. The monoisotopic (exact) mass is 214 g/mol. The molecule has 0 spiro atoms. The summed E-state index contributed by atoms with van der Waals surface area (Å²) in [6.45, 7) is 6.15. The molecular formula is C11H22N2S. The first kappa shape index (κ1) is 10.8. The van der Waals surface area contributed by atoms with Crippen molar-refractivity contribution in [3.63, 3.8) is 0 Å². The molecule has 2 unspecified atom stereocenters. The maximum absolute atomic E-state index is 6.20. The van der Waals surface area contributed by atoms with E-state index in [2.05, 4.69) is 23.6 Å². The van der Waals surface area contributed by atoms with E-state index in [0.29, 0.717) is 11.5 Å². The average molecular weight is 214 g/mol. The summed E-state index contributed by atoms with van der Waals surface area (Å²) in [5.74, 6) is 2.62. The summed E-state index contributed by atoms with van der Waals surface area (Å²) in [6, 6.07) is 0.442. The van der Waals surface area contributed by atoms with Crippen LogP contribution in [-0.2, 0) is 0 Å². The highest BCUT2D eigenvalue weighted by Crippen LogP contribution is 2.37. The van der Waals surface area contributed by atoms with Gasteiger partial charge in [-0.2, -0.15) is 11.8 Å². The fourth-order valence-electron chi connectivity index (χ4n) is 2.73. The quantitative estimate of drug-likeness (QED) is 0.756. The van der Waals surface area contributed by atoms with Crippen LogP contribution in [0.5, 0.6) is 0 Å². The van der Waals surface area contributed by atoms with Gasteiger partial charge in [0.1, 0.15) is 0 Å². The molecule has 2 aliphatic rings. The van der Waals surface area contributed by atoms with Crippen molar-refractivity contribution >= 4 is 11.8 Å². The molecule has 0 bridgehead atoms. The molecule has 0 radical (unpaired) electrons. The minimum atomic E-state index is 0.405. The lowest BCUT2D eigenvalue weighted by Gasteiger charge is -2.37. The molecule has 0 aromatic carbocycles. The van der Waals surface area contributed by atoms with E-state index in [-0.39, 0.29) is 0 Å². The Hall–Kier alpha value is 0.270. The molecule has 2 nitrogen and oxygen atoms in total. The van der Waals surface area contributed by atoms with Crippen LogP contribution in [-0.4, -0.2) is 42.1 Å². The van der Waals surface area contributed by atoms with Gasteiger partial charge in [0, 0.05) is 37.2 Å². The van der Waals surface area contributed by atoms with E-state index >= 15 is 0 Å². The number of nitrogens with two attached hydrogens (primary N) is 1. The molecule has 82 valence electrons.